The quantitative estimate of drug-likeness (QED) is 0.636. The zero-order chi connectivity index (χ0) is 10.2. The van der Waals surface area contributed by atoms with E-state index >= 15 is 0 Å². The molecule has 1 aliphatic carbocycles. The normalized spacial score (nSPS) is 20.1. The van der Waals surface area contributed by atoms with Gasteiger partial charge in [-0.15, -0.1) is 0 Å². The number of ether oxygens (including phenoxy) is 1. The average Bonchev–Trinajstić information content (AvgIpc) is 2.70. The third-order valence-electron chi connectivity index (χ3n) is 3.35. The van der Waals surface area contributed by atoms with Crippen molar-refractivity contribution in [3.63, 3.8) is 0 Å². The molecule has 0 saturated heterocycles. The highest BCUT2D eigenvalue weighted by atomic mass is 16.5. The van der Waals surface area contributed by atoms with Crippen LogP contribution >= 0.6 is 0 Å². The molecule has 1 atom stereocenters. The molecular formula is C12H25NO. The molecule has 2 nitrogen and oxygen atoms in total. The van der Waals surface area contributed by atoms with Gasteiger partial charge in [-0.25, -0.2) is 0 Å². The molecule has 0 aromatic rings. The lowest BCUT2D eigenvalue weighted by Gasteiger charge is -2.20. The molecule has 0 bridgehead atoms. The molecule has 1 aliphatic rings. The van der Waals surface area contributed by atoms with Crippen molar-refractivity contribution in [1.29, 1.82) is 0 Å². The molecule has 0 aromatic heterocycles. The summed E-state index contributed by atoms with van der Waals surface area (Å²) in [6, 6.07) is 0.722. The molecule has 1 saturated carbocycles. The zero-order valence-corrected chi connectivity index (χ0v) is 9.72. The van der Waals surface area contributed by atoms with Crippen molar-refractivity contribution in [3.8, 4) is 0 Å². The van der Waals surface area contributed by atoms with Crippen molar-refractivity contribution >= 4 is 0 Å². The smallest absolute Gasteiger partial charge is 0.0462 e. The fourth-order valence-corrected chi connectivity index (χ4v) is 2.33. The van der Waals surface area contributed by atoms with Gasteiger partial charge < -0.3 is 10.1 Å². The summed E-state index contributed by atoms with van der Waals surface area (Å²) < 4.78 is 5.02. The highest BCUT2D eigenvalue weighted by molar-refractivity contribution is 4.76. The fourth-order valence-electron chi connectivity index (χ4n) is 2.33. The van der Waals surface area contributed by atoms with Crippen LogP contribution in [0.15, 0.2) is 0 Å². The van der Waals surface area contributed by atoms with Crippen LogP contribution in [0.3, 0.4) is 0 Å². The Labute approximate surface area is 88.4 Å². The molecule has 0 radical (unpaired) electrons. The van der Waals surface area contributed by atoms with E-state index in [4.69, 9.17) is 4.74 Å². The highest BCUT2D eigenvalue weighted by Crippen LogP contribution is 2.27. The molecule has 0 aliphatic heterocycles. The molecule has 1 N–H and O–H groups in total. The largest absolute Gasteiger partial charge is 0.385 e. The second kappa shape index (κ2) is 7.24. The molecule has 1 rings (SSSR count). The van der Waals surface area contributed by atoms with Gasteiger partial charge in [0.15, 0.2) is 0 Å². The van der Waals surface area contributed by atoms with Crippen molar-refractivity contribution < 1.29 is 4.74 Å². The van der Waals surface area contributed by atoms with Crippen LogP contribution in [0.25, 0.3) is 0 Å². The number of methoxy groups -OCH3 is 1. The lowest BCUT2D eigenvalue weighted by atomic mass is 10.00. The minimum atomic E-state index is 0.722. The molecule has 0 spiro atoms. The zero-order valence-electron chi connectivity index (χ0n) is 9.72. The third-order valence-corrected chi connectivity index (χ3v) is 3.35. The lowest BCUT2D eigenvalue weighted by Crippen LogP contribution is -2.33. The van der Waals surface area contributed by atoms with E-state index in [1.54, 1.807) is 7.11 Å². The first-order chi connectivity index (χ1) is 6.84. The van der Waals surface area contributed by atoms with Crippen molar-refractivity contribution in [2.45, 2.75) is 51.5 Å². The van der Waals surface area contributed by atoms with Crippen LogP contribution in [0.1, 0.15) is 45.4 Å². The SMILES string of the molecule is COCCCCN[C@H](C)C1CCCC1. The van der Waals surface area contributed by atoms with Crippen LogP contribution < -0.4 is 5.32 Å². The van der Waals surface area contributed by atoms with Gasteiger partial charge in [0.05, 0.1) is 0 Å². The second-order valence-electron chi connectivity index (χ2n) is 4.49. The Kier molecular flexibility index (Phi) is 6.20. The predicted molar refractivity (Wildman–Crippen MR) is 60.5 cm³/mol. The van der Waals surface area contributed by atoms with Crippen LogP contribution in [0.2, 0.25) is 0 Å². The molecule has 0 heterocycles. The van der Waals surface area contributed by atoms with Crippen molar-refractivity contribution in [2.75, 3.05) is 20.3 Å². The van der Waals surface area contributed by atoms with Gasteiger partial charge >= 0.3 is 0 Å². The monoisotopic (exact) mass is 199 g/mol. The summed E-state index contributed by atoms with van der Waals surface area (Å²) in [6.07, 6.45) is 8.19. The molecular weight excluding hydrogens is 174 g/mol. The first kappa shape index (κ1) is 12.0. The predicted octanol–water partition coefficient (Wildman–Crippen LogP) is 2.58. The summed E-state index contributed by atoms with van der Waals surface area (Å²) in [6.45, 7) is 4.40. The number of nitrogens with one attached hydrogen (secondary N) is 1. The van der Waals surface area contributed by atoms with Crippen molar-refractivity contribution in [2.24, 2.45) is 5.92 Å². The van der Waals surface area contributed by atoms with E-state index in [2.05, 4.69) is 12.2 Å². The van der Waals surface area contributed by atoms with Gasteiger partial charge in [0.1, 0.15) is 0 Å². The van der Waals surface area contributed by atoms with Crippen LogP contribution in [0.5, 0.6) is 0 Å². The van der Waals surface area contributed by atoms with Gasteiger partial charge in [-0.2, -0.15) is 0 Å². The third kappa shape index (κ3) is 4.43. The van der Waals surface area contributed by atoms with Gasteiger partial charge in [0, 0.05) is 19.8 Å². The number of unbranched alkanes of at least 4 members (excludes halogenated alkanes) is 1. The van der Waals surface area contributed by atoms with Crippen LogP contribution in [0, 0.1) is 5.92 Å². The summed E-state index contributed by atoms with van der Waals surface area (Å²) in [5.41, 5.74) is 0. The van der Waals surface area contributed by atoms with E-state index in [0.717, 1.165) is 25.1 Å². The lowest BCUT2D eigenvalue weighted by molar-refractivity contribution is 0.192. The van der Waals surface area contributed by atoms with Gasteiger partial charge in [0.2, 0.25) is 0 Å². The first-order valence-electron chi connectivity index (χ1n) is 6.07. The summed E-state index contributed by atoms with van der Waals surface area (Å²) in [5, 5.41) is 3.63. The van der Waals surface area contributed by atoms with Crippen LogP contribution in [-0.4, -0.2) is 26.3 Å². The molecule has 84 valence electrons. The summed E-state index contributed by atoms with van der Waals surface area (Å²) >= 11 is 0. The maximum atomic E-state index is 5.02. The van der Waals surface area contributed by atoms with Crippen LogP contribution in [-0.2, 0) is 4.74 Å². The fraction of sp³-hybridized carbons (Fsp3) is 1.00. The minimum Gasteiger partial charge on any atom is -0.385 e. The van der Waals surface area contributed by atoms with E-state index in [1.807, 2.05) is 0 Å². The topological polar surface area (TPSA) is 21.3 Å². The Morgan fingerprint density at radius 3 is 2.64 bits per heavy atom. The van der Waals surface area contributed by atoms with Crippen molar-refractivity contribution in [1.82, 2.24) is 5.32 Å². The second-order valence-corrected chi connectivity index (χ2v) is 4.49. The Bertz CT molecular complexity index is 132. The Balaban J connectivity index is 1.94. The van der Waals surface area contributed by atoms with E-state index in [0.29, 0.717) is 0 Å². The standard InChI is InChI=1S/C12H25NO/c1-11(12-7-3-4-8-12)13-9-5-6-10-14-2/h11-13H,3-10H2,1-2H3/t11-/m1/s1. The average molecular weight is 199 g/mol. The molecule has 14 heavy (non-hydrogen) atoms. The highest BCUT2D eigenvalue weighted by Gasteiger charge is 2.20. The molecule has 0 aromatic carbocycles. The maximum Gasteiger partial charge on any atom is 0.0462 e. The summed E-state index contributed by atoms with van der Waals surface area (Å²) in [5.74, 6) is 0.942. The van der Waals surface area contributed by atoms with E-state index in [9.17, 15) is 0 Å². The molecule has 0 amide bonds. The minimum absolute atomic E-state index is 0.722. The molecule has 2 heteroatoms. The number of hydrogen-bond donors (Lipinski definition) is 1. The molecule has 0 unspecified atom stereocenters. The van der Waals surface area contributed by atoms with Gasteiger partial charge in [0.25, 0.3) is 0 Å². The summed E-state index contributed by atoms with van der Waals surface area (Å²) in [4.78, 5) is 0. The van der Waals surface area contributed by atoms with Crippen LogP contribution in [0.4, 0.5) is 0 Å². The van der Waals surface area contributed by atoms with Gasteiger partial charge in [-0.3, -0.25) is 0 Å². The number of rotatable bonds is 7. The maximum absolute atomic E-state index is 5.02. The van der Waals surface area contributed by atoms with E-state index in [-0.39, 0.29) is 0 Å². The van der Waals surface area contributed by atoms with Gasteiger partial charge in [-0.1, -0.05) is 12.8 Å². The molecule has 1 fully saturated rings. The van der Waals surface area contributed by atoms with Crippen molar-refractivity contribution in [3.05, 3.63) is 0 Å². The Hall–Kier alpha value is -0.0800. The van der Waals surface area contributed by atoms with E-state index < -0.39 is 0 Å². The van der Waals surface area contributed by atoms with Gasteiger partial charge in [-0.05, 0) is 45.1 Å². The first-order valence-corrected chi connectivity index (χ1v) is 6.07. The Morgan fingerprint density at radius 1 is 1.29 bits per heavy atom. The number of hydrogen-bond acceptors (Lipinski definition) is 2. The van der Waals surface area contributed by atoms with E-state index in [1.165, 1.54) is 38.5 Å². The summed E-state index contributed by atoms with van der Waals surface area (Å²) in [7, 11) is 1.77. The Morgan fingerprint density at radius 2 is 2.00 bits per heavy atom.